The number of carbonyl (C=O) groups excluding carboxylic acids is 1. The lowest BCUT2D eigenvalue weighted by atomic mass is 10.0. The number of ether oxygens (including phenoxy) is 2. The maximum Gasteiger partial charge on any atom is 0.240 e. The molecule has 2 aromatic rings. The van der Waals surface area contributed by atoms with Gasteiger partial charge in [0.2, 0.25) is 10.0 Å². The highest BCUT2D eigenvalue weighted by Crippen LogP contribution is 2.16. The summed E-state index contributed by atoms with van der Waals surface area (Å²) in [6, 6.07) is 13.4. The third kappa shape index (κ3) is 6.65. The zero-order chi connectivity index (χ0) is 20.4. The maximum absolute atomic E-state index is 12.2. The van der Waals surface area contributed by atoms with Crippen LogP contribution >= 0.6 is 0 Å². The second-order valence-corrected chi connectivity index (χ2v) is 8.16. The van der Waals surface area contributed by atoms with E-state index >= 15 is 0 Å². The molecule has 0 aromatic heterocycles. The summed E-state index contributed by atoms with van der Waals surface area (Å²) in [6.45, 7) is 0.376. The lowest BCUT2D eigenvalue weighted by Crippen LogP contribution is -2.24. The van der Waals surface area contributed by atoms with Crippen LogP contribution in [0.5, 0.6) is 11.5 Å². The van der Waals surface area contributed by atoms with Crippen LogP contribution in [-0.2, 0) is 10.0 Å². The number of unbranched alkanes of at least 4 members (excludes halogenated alkanes) is 3. The molecule has 28 heavy (non-hydrogen) atoms. The standard InChI is InChI=1S/C21H27NO5S/c1-26-18-10-8-17(9-11-18)21(23)7-5-3-4-6-16-22-28(24,25)20-14-12-19(27-2)13-15-20/h8-15,22H,3-7,16H2,1-2H3. The first-order valence-electron chi connectivity index (χ1n) is 9.27. The monoisotopic (exact) mass is 405 g/mol. The largest absolute Gasteiger partial charge is 0.497 e. The van der Waals surface area contributed by atoms with E-state index in [4.69, 9.17) is 9.47 Å². The van der Waals surface area contributed by atoms with Gasteiger partial charge in [0.05, 0.1) is 19.1 Å². The van der Waals surface area contributed by atoms with Gasteiger partial charge in [0, 0.05) is 18.5 Å². The van der Waals surface area contributed by atoms with Crippen LogP contribution < -0.4 is 14.2 Å². The van der Waals surface area contributed by atoms with Crippen molar-refractivity contribution in [1.82, 2.24) is 4.72 Å². The van der Waals surface area contributed by atoms with Gasteiger partial charge in [-0.1, -0.05) is 12.8 Å². The highest BCUT2D eigenvalue weighted by Gasteiger charge is 2.13. The van der Waals surface area contributed by atoms with Gasteiger partial charge in [-0.2, -0.15) is 0 Å². The Morgan fingerprint density at radius 1 is 0.821 bits per heavy atom. The van der Waals surface area contributed by atoms with Gasteiger partial charge in [0.25, 0.3) is 0 Å². The summed E-state index contributed by atoms with van der Waals surface area (Å²) in [7, 11) is -0.378. The molecule has 0 atom stereocenters. The minimum Gasteiger partial charge on any atom is -0.497 e. The van der Waals surface area contributed by atoms with Crippen molar-refractivity contribution < 1.29 is 22.7 Å². The molecule has 7 heteroatoms. The van der Waals surface area contributed by atoms with E-state index in [9.17, 15) is 13.2 Å². The third-order valence-corrected chi connectivity index (χ3v) is 5.88. The number of Topliss-reactive ketones (excluding diaryl/α,β-unsaturated/α-hetero) is 1. The summed E-state index contributed by atoms with van der Waals surface area (Å²) < 4.78 is 37.1. The van der Waals surface area contributed by atoms with Gasteiger partial charge < -0.3 is 9.47 Å². The van der Waals surface area contributed by atoms with E-state index in [-0.39, 0.29) is 10.7 Å². The predicted molar refractivity (Wildman–Crippen MR) is 109 cm³/mol. The molecule has 0 saturated carbocycles. The molecular formula is C21H27NO5S. The average Bonchev–Trinajstić information content (AvgIpc) is 2.73. The van der Waals surface area contributed by atoms with Gasteiger partial charge in [-0.05, 0) is 61.4 Å². The summed E-state index contributed by atoms with van der Waals surface area (Å²) in [5.41, 5.74) is 0.688. The van der Waals surface area contributed by atoms with E-state index in [2.05, 4.69) is 4.72 Å². The fourth-order valence-electron chi connectivity index (χ4n) is 2.73. The van der Waals surface area contributed by atoms with Crippen LogP contribution in [0, 0.1) is 0 Å². The van der Waals surface area contributed by atoms with Crippen LogP contribution in [0.15, 0.2) is 53.4 Å². The molecule has 0 aliphatic heterocycles. The van der Waals surface area contributed by atoms with Crippen molar-refractivity contribution >= 4 is 15.8 Å². The molecule has 0 saturated heterocycles. The number of carbonyl (C=O) groups is 1. The Kier molecular flexibility index (Phi) is 8.47. The Hall–Kier alpha value is -2.38. The number of sulfonamides is 1. The topological polar surface area (TPSA) is 81.7 Å². The number of hydrogen-bond donors (Lipinski definition) is 1. The second kappa shape index (κ2) is 10.8. The summed E-state index contributed by atoms with van der Waals surface area (Å²) >= 11 is 0. The van der Waals surface area contributed by atoms with Gasteiger partial charge in [-0.15, -0.1) is 0 Å². The van der Waals surface area contributed by atoms with Crippen molar-refractivity contribution in [2.75, 3.05) is 20.8 Å². The summed E-state index contributed by atoms with van der Waals surface area (Å²) in [5.74, 6) is 1.46. The van der Waals surface area contributed by atoms with Crippen LogP contribution in [0.3, 0.4) is 0 Å². The van der Waals surface area contributed by atoms with Crippen molar-refractivity contribution in [2.24, 2.45) is 0 Å². The molecule has 1 N–H and O–H groups in total. The molecule has 0 spiro atoms. The van der Waals surface area contributed by atoms with Crippen molar-refractivity contribution in [3.63, 3.8) is 0 Å². The molecule has 0 unspecified atom stereocenters. The molecular weight excluding hydrogens is 378 g/mol. The minimum atomic E-state index is -3.50. The Morgan fingerprint density at radius 2 is 1.36 bits per heavy atom. The fourth-order valence-corrected chi connectivity index (χ4v) is 3.80. The number of methoxy groups -OCH3 is 2. The van der Waals surface area contributed by atoms with Crippen molar-refractivity contribution in [3.8, 4) is 11.5 Å². The summed E-state index contributed by atoms with van der Waals surface area (Å²) in [4.78, 5) is 12.3. The highest BCUT2D eigenvalue weighted by molar-refractivity contribution is 7.89. The molecule has 0 heterocycles. The minimum absolute atomic E-state index is 0.114. The normalized spacial score (nSPS) is 11.2. The van der Waals surface area contributed by atoms with Crippen molar-refractivity contribution in [3.05, 3.63) is 54.1 Å². The SMILES string of the molecule is COc1ccc(C(=O)CCCCCCNS(=O)(=O)c2ccc(OC)cc2)cc1. The lowest BCUT2D eigenvalue weighted by molar-refractivity contribution is 0.0979. The van der Waals surface area contributed by atoms with Crippen LogP contribution in [0.1, 0.15) is 42.5 Å². The van der Waals surface area contributed by atoms with Crippen LogP contribution in [0.25, 0.3) is 0 Å². The van der Waals surface area contributed by atoms with E-state index in [0.29, 0.717) is 24.3 Å². The van der Waals surface area contributed by atoms with Gasteiger partial charge in [-0.25, -0.2) is 13.1 Å². The zero-order valence-electron chi connectivity index (χ0n) is 16.3. The molecule has 0 aliphatic rings. The third-order valence-electron chi connectivity index (χ3n) is 4.40. The maximum atomic E-state index is 12.2. The fraction of sp³-hybridized carbons (Fsp3) is 0.381. The lowest BCUT2D eigenvalue weighted by Gasteiger charge is -2.07. The van der Waals surface area contributed by atoms with Crippen molar-refractivity contribution in [2.45, 2.75) is 37.0 Å². The van der Waals surface area contributed by atoms with E-state index in [1.54, 1.807) is 43.5 Å². The quantitative estimate of drug-likeness (QED) is 0.429. The Labute approximate surface area is 166 Å². The van der Waals surface area contributed by atoms with Gasteiger partial charge in [0.1, 0.15) is 11.5 Å². The molecule has 152 valence electrons. The Balaban J connectivity index is 1.63. The van der Waals surface area contributed by atoms with Crippen LogP contribution in [-0.4, -0.2) is 35.0 Å². The average molecular weight is 406 g/mol. The zero-order valence-corrected chi connectivity index (χ0v) is 17.1. The smallest absolute Gasteiger partial charge is 0.240 e. The van der Waals surface area contributed by atoms with Gasteiger partial charge in [-0.3, -0.25) is 4.79 Å². The van der Waals surface area contributed by atoms with E-state index < -0.39 is 10.0 Å². The summed E-state index contributed by atoms with van der Waals surface area (Å²) in [5, 5.41) is 0. The van der Waals surface area contributed by atoms with Crippen LogP contribution in [0.4, 0.5) is 0 Å². The first-order chi connectivity index (χ1) is 13.5. The molecule has 0 radical (unpaired) electrons. The number of hydrogen-bond acceptors (Lipinski definition) is 5. The van der Waals surface area contributed by atoms with Gasteiger partial charge >= 0.3 is 0 Å². The number of ketones is 1. The molecule has 0 amide bonds. The molecule has 0 aliphatic carbocycles. The second-order valence-electron chi connectivity index (χ2n) is 6.39. The van der Waals surface area contributed by atoms with Crippen LogP contribution in [0.2, 0.25) is 0 Å². The highest BCUT2D eigenvalue weighted by atomic mass is 32.2. The predicted octanol–water partition coefficient (Wildman–Crippen LogP) is 3.82. The Bertz CT molecular complexity index is 845. The molecule has 0 fully saturated rings. The van der Waals surface area contributed by atoms with E-state index in [0.717, 1.165) is 31.4 Å². The molecule has 6 nitrogen and oxygen atoms in total. The number of rotatable bonds is 12. The van der Waals surface area contributed by atoms with Gasteiger partial charge in [0.15, 0.2) is 5.78 Å². The number of benzene rings is 2. The first kappa shape index (κ1) is 21.9. The number of nitrogens with one attached hydrogen (secondary N) is 1. The first-order valence-corrected chi connectivity index (χ1v) is 10.8. The molecule has 2 rings (SSSR count). The summed E-state index contributed by atoms with van der Waals surface area (Å²) in [6.07, 6.45) is 3.75. The molecule has 0 bridgehead atoms. The van der Waals surface area contributed by atoms with E-state index in [1.165, 1.54) is 19.2 Å². The van der Waals surface area contributed by atoms with E-state index in [1.807, 2.05) is 0 Å². The van der Waals surface area contributed by atoms with Crippen molar-refractivity contribution in [1.29, 1.82) is 0 Å². The molecule has 2 aromatic carbocycles. The Morgan fingerprint density at radius 3 is 1.93 bits per heavy atom.